The van der Waals surface area contributed by atoms with Gasteiger partial charge in [0.05, 0.1) is 5.25 Å². The summed E-state index contributed by atoms with van der Waals surface area (Å²) in [6.45, 7) is 0. The average molecular weight is 161 g/mol. The number of hydrogen-bond donors (Lipinski definition) is 0. The first-order chi connectivity index (χ1) is 4.61. The molecule has 0 N–H and O–H groups in total. The first-order valence-corrected chi connectivity index (χ1v) is 5.56. The van der Waals surface area contributed by atoms with E-state index in [1.807, 2.05) is 0 Å². The molecule has 1 saturated carbocycles. The Morgan fingerprint density at radius 1 is 1.50 bits per heavy atom. The zero-order valence-electron chi connectivity index (χ0n) is 6.21. The van der Waals surface area contributed by atoms with Gasteiger partial charge >= 0.3 is 0 Å². The van der Waals surface area contributed by atoms with Crippen molar-refractivity contribution in [2.45, 2.75) is 30.9 Å². The van der Waals surface area contributed by atoms with Gasteiger partial charge in [-0.15, -0.1) is 0 Å². The van der Waals surface area contributed by atoms with Crippen molar-refractivity contribution in [2.24, 2.45) is 0 Å². The van der Waals surface area contributed by atoms with Crippen molar-refractivity contribution in [1.29, 1.82) is 0 Å². The van der Waals surface area contributed by atoms with Gasteiger partial charge in [0.2, 0.25) is 0 Å². The zero-order valence-corrected chi connectivity index (χ0v) is 7.02. The molecule has 1 fully saturated rings. The minimum absolute atomic E-state index is 0.0822. The van der Waals surface area contributed by atoms with E-state index in [2.05, 4.69) is 6.42 Å². The lowest BCUT2D eigenvalue weighted by molar-refractivity contribution is 0.541. The van der Waals surface area contributed by atoms with Crippen molar-refractivity contribution >= 4 is 9.84 Å². The lowest BCUT2D eigenvalue weighted by Crippen LogP contribution is -2.22. The molecule has 1 aliphatic carbocycles. The van der Waals surface area contributed by atoms with Gasteiger partial charge in [0.25, 0.3) is 0 Å². The SMILES string of the molecule is CS(=O)(=O)C1C[CH]CCC1. The van der Waals surface area contributed by atoms with Crippen LogP contribution in [0.15, 0.2) is 0 Å². The second-order valence-electron chi connectivity index (χ2n) is 2.91. The van der Waals surface area contributed by atoms with Gasteiger partial charge in [-0.25, -0.2) is 8.42 Å². The summed E-state index contributed by atoms with van der Waals surface area (Å²) in [6, 6.07) is 0. The molecule has 10 heavy (non-hydrogen) atoms. The summed E-state index contributed by atoms with van der Waals surface area (Å²) in [5.41, 5.74) is 0. The summed E-state index contributed by atoms with van der Waals surface area (Å²) in [4.78, 5) is 0. The van der Waals surface area contributed by atoms with Crippen LogP contribution in [-0.2, 0) is 9.84 Å². The Bertz CT molecular complexity index is 188. The van der Waals surface area contributed by atoms with Gasteiger partial charge in [0.1, 0.15) is 9.84 Å². The highest BCUT2D eigenvalue weighted by atomic mass is 32.2. The van der Waals surface area contributed by atoms with Gasteiger partial charge < -0.3 is 0 Å². The summed E-state index contributed by atoms with van der Waals surface area (Å²) in [5.74, 6) is 0. The summed E-state index contributed by atoms with van der Waals surface area (Å²) in [7, 11) is -2.76. The zero-order chi connectivity index (χ0) is 7.61. The van der Waals surface area contributed by atoms with Crippen molar-refractivity contribution in [3.8, 4) is 0 Å². The van der Waals surface area contributed by atoms with Crippen molar-refractivity contribution < 1.29 is 8.42 Å². The van der Waals surface area contributed by atoms with Crippen LogP contribution in [0.25, 0.3) is 0 Å². The maximum absolute atomic E-state index is 11.0. The maximum atomic E-state index is 11.0. The topological polar surface area (TPSA) is 34.1 Å². The van der Waals surface area contributed by atoms with Crippen LogP contribution >= 0.6 is 0 Å². The fraction of sp³-hybridized carbons (Fsp3) is 0.857. The molecule has 59 valence electrons. The van der Waals surface area contributed by atoms with E-state index in [4.69, 9.17) is 0 Å². The normalized spacial score (nSPS) is 22.9. The minimum atomic E-state index is -2.76. The van der Waals surface area contributed by atoms with E-state index < -0.39 is 9.84 Å². The fourth-order valence-electron chi connectivity index (χ4n) is 1.30. The van der Waals surface area contributed by atoms with Crippen LogP contribution in [0.5, 0.6) is 0 Å². The predicted octanol–water partition coefficient (Wildman–Crippen LogP) is 1.18. The minimum Gasteiger partial charge on any atom is -0.229 e. The van der Waals surface area contributed by atoms with Crippen molar-refractivity contribution in [3.63, 3.8) is 0 Å². The van der Waals surface area contributed by atoms with Gasteiger partial charge in [0.15, 0.2) is 0 Å². The molecular formula is C7H13O2S. The lowest BCUT2D eigenvalue weighted by Gasteiger charge is -2.18. The molecule has 0 saturated heterocycles. The highest BCUT2D eigenvalue weighted by Crippen LogP contribution is 2.21. The molecule has 3 heteroatoms. The maximum Gasteiger partial charge on any atom is 0.150 e. The average Bonchev–Trinajstić information content (AvgIpc) is 1.88. The molecule has 1 unspecified atom stereocenters. The van der Waals surface area contributed by atoms with Crippen LogP contribution in [0.1, 0.15) is 25.7 Å². The summed E-state index contributed by atoms with van der Waals surface area (Å²) < 4.78 is 21.9. The third-order valence-electron chi connectivity index (χ3n) is 1.97. The Morgan fingerprint density at radius 2 is 2.20 bits per heavy atom. The first kappa shape index (κ1) is 8.05. The molecule has 2 nitrogen and oxygen atoms in total. The summed E-state index contributed by atoms with van der Waals surface area (Å²) in [6.07, 6.45) is 7.16. The third-order valence-corrected chi connectivity index (χ3v) is 3.61. The number of hydrogen-bond acceptors (Lipinski definition) is 2. The Balaban J connectivity index is 2.56. The molecule has 0 bridgehead atoms. The Kier molecular flexibility index (Phi) is 2.34. The standard InChI is InChI=1S/C7H13O2S/c1-10(8,9)7-5-3-2-4-6-7/h3,7H,2,4-6H2,1H3. The van der Waals surface area contributed by atoms with Crippen LogP contribution in [0, 0.1) is 6.42 Å². The molecule has 0 amide bonds. The highest BCUT2D eigenvalue weighted by Gasteiger charge is 2.22. The van der Waals surface area contributed by atoms with Crippen LogP contribution in [0.4, 0.5) is 0 Å². The van der Waals surface area contributed by atoms with Crippen LogP contribution in [-0.4, -0.2) is 19.9 Å². The van der Waals surface area contributed by atoms with Crippen LogP contribution in [0.3, 0.4) is 0 Å². The Labute approximate surface area is 62.5 Å². The second-order valence-corrected chi connectivity index (χ2v) is 5.23. The van der Waals surface area contributed by atoms with Crippen molar-refractivity contribution in [3.05, 3.63) is 6.42 Å². The summed E-state index contributed by atoms with van der Waals surface area (Å²) in [5, 5.41) is -0.0822. The predicted molar refractivity (Wildman–Crippen MR) is 41.4 cm³/mol. The molecule has 1 aliphatic rings. The lowest BCUT2D eigenvalue weighted by atomic mass is 10.0. The van der Waals surface area contributed by atoms with Gasteiger partial charge in [-0.1, -0.05) is 12.8 Å². The molecule has 0 aromatic carbocycles. The third kappa shape index (κ3) is 1.97. The van der Waals surface area contributed by atoms with Crippen molar-refractivity contribution in [1.82, 2.24) is 0 Å². The largest absolute Gasteiger partial charge is 0.229 e. The van der Waals surface area contributed by atoms with Gasteiger partial charge in [0, 0.05) is 6.26 Å². The molecule has 0 spiro atoms. The van der Waals surface area contributed by atoms with Crippen LogP contribution < -0.4 is 0 Å². The highest BCUT2D eigenvalue weighted by molar-refractivity contribution is 7.91. The summed E-state index contributed by atoms with van der Waals surface area (Å²) >= 11 is 0. The van der Waals surface area contributed by atoms with Crippen molar-refractivity contribution in [2.75, 3.05) is 6.26 Å². The van der Waals surface area contributed by atoms with E-state index in [1.165, 1.54) is 6.26 Å². The number of sulfone groups is 1. The molecule has 1 atom stereocenters. The molecule has 0 aliphatic heterocycles. The van der Waals surface area contributed by atoms with E-state index >= 15 is 0 Å². The second kappa shape index (κ2) is 2.91. The van der Waals surface area contributed by atoms with E-state index in [0.29, 0.717) is 0 Å². The van der Waals surface area contributed by atoms with E-state index in [1.54, 1.807) is 0 Å². The monoisotopic (exact) mass is 161 g/mol. The van der Waals surface area contributed by atoms with Gasteiger partial charge in [-0.2, -0.15) is 0 Å². The first-order valence-electron chi connectivity index (χ1n) is 3.61. The smallest absolute Gasteiger partial charge is 0.150 e. The Hall–Kier alpha value is -0.0500. The van der Waals surface area contributed by atoms with Gasteiger partial charge in [-0.05, 0) is 19.3 Å². The van der Waals surface area contributed by atoms with Gasteiger partial charge in [-0.3, -0.25) is 0 Å². The molecule has 1 rings (SSSR count). The molecule has 0 aromatic heterocycles. The molecule has 0 aromatic rings. The van der Waals surface area contributed by atoms with E-state index in [9.17, 15) is 8.42 Å². The quantitative estimate of drug-likeness (QED) is 0.578. The number of rotatable bonds is 1. The Morgan fingerprint density at radius 3 is 2.50 bits per heavy atom. The van der Waals surface area contributed by atoms with Crippen LogP contribution in [0.2, 0.25) is 0 Å². The molecule has 0 heterocycles. The molecule has 1 radical (unpaired) electrons. The fourth-order valence-corrected chi connectivity index (χ4v) is 2.38. The molecular weight excluding hydrogens is 148 g/mol. The van der Waals surface area contributed by atoms with E-state index in [0.717, 1.165) is 25.7 Å². The van der Waals surface area contributed by atoms with E-state index in [-0.39, 0.29) is 5.25 Å².